The maximum Gasteiger partial charge on any atom is 0.336 e. The van der Waals surface area contributed by atoms with Crippen LogP contribution in [0.25, 0.3) is 0 Å². The Morgan fingerprint density at radius 3 is 1.54 bits per heavy atom. The number of ether oxygens (including phenoxy) is 20. The molecule has 0 spiro atoms. The molecule has 0 bridgehead atoms. The number of rotatable bonds is 34. The van der Waals surface area contributed by atoms with Crippen LogP contribution in [0.4, 0.5) is 0 Å². The molecule has 0 aromatic heterocycles. The van der Waals surface area contributed by atoms with Crippen molar-refractivity contribution in [3.63, 3.8) is 0 Å². The Morgan fingerprint density at radius 1 is 0.436 bits per heavy atom. The first kappa shape index (κ1) is 120. The van der Waals surface area contributed by atoms with E-state index < -0.39 is 390 Å². The highest BCUT2D eigenvalue weighted by Gasteiger charge is 2.74. The molecule has 49 nitrogen and oxygen atoms in total. The Morgan fingerprint density at radius 2 is 0.919 bits per heavy atom. The van der Waals surface area contributed by atoms with Crippen LogP contribution in [0.15, 0.2) is 60.3 Å². The molecule has 14 aliphatic rings. The minimum Gasteiger partial charge on any atom is -0.458 e. The van der Waals surface area contributed by atoms with Crippen LogP contribution in [0.5, 0.6) is 0 Å². The Balaban J connectivity index is 0.712. The summed E-state index contributed by atoms with van der Waals surface area (Å²) in [5.41, 5.74) is -8.74. The molecule has 0 amide bonds. The Labute approximate surface area is 861 Å². The van der Waals surface area contributed by atoms with Gasteiger partial charge in [0.1, 0.15) is 176 Å². The average molecular weight is 2140 g/mol. The monoisotopic (exact) mass is 2140 g/mol. The minimum absolute atomic E-state index is 0.0589. The van der Waals surface area contributed by atoms with E-state index >= 15 is 9.59 Å². The van der Waals surface area contributed by atoms with Crippen molar-refractivity contribution >= 4 is 17.9 Å². The zero-order chi connectivity index (χ0) is 110. The lowest BCUT2D eigenvalue weighted by atomic mass is 9.33. The molecule has 26 N–H and O–H groups in total. The molecule has 9 saturated heterocycles. The average Bonchev–Trinajstić information content (AvgIpc) is 0.885. The van der Waals surface area contributed by atoms with Gasteiger partial charge in [-0.1, -0.05) is 84.4 Å². The van der Waals surface area contributed by atoms with Crippen LogP contribution in [0, 0.1) is 50.2 Å². The van der Waals surface area contributed by atoms with Gasteiger partial charge in [0, 0.05) is 17.4 Å². The fourth-order valence-corrected chi connectivity index (χ4v) is 25.2. The van der Waals surface area contributed by atoms with Crippen molar-refractivity contribution in [1.29, 1.82) is 0 Å². The summed E-state index contributed by atoms with van der Waals surface area (Å²) in [7, 11) is 0. The van der Waals surface area contributed by atoms with E-state index in [2.05, 4.69) is 33.1 Å². The lowest BCUT2D eigenvalue weighted by Crippen LogP contribution is -2.70. The van der Waals surface area contributed by atoms with Gasteiger partial charge >= 0.3 is 17.9 Å². The largest absolute Gasteiger partial charge is 0.458 e. The van der Waals surface area contributed by atoms with Gasteiger partial charge in [-0.25, -0.2) is 9.59 Å². The van der Waals surface area contributed by atoms with E-state index in [9.17, 15) is 138 Å². The van der Waals surface area contributed by atoms with Gasteiger partial charge in [0.05, 0.1) is 86.9 Å². The molecule has 0 unspecified atom stereocenters. The van der Waals surface area contributed by atoms with E-state index in [0.717, 1.165) is 0 Å². The first-order valence-electron chi connectivity index (χ1n) is 51.3. The van der Waals surface area contributed by atoms with Crippen LogP contribution >= 0.6 is 0 Å². The Kier molecular flexibility index (Phi) is 37.9. The second kappa shape index (κ2) is 47.1. The molecule has 9 aliphatic heterocycles. The van der Waals surface area contributed by atoms with E-state index in [1.54, 1.807) is 27.7 Å². The summed E-state index contributed by atoms with van der Waals surface area (Å²) in [5.74, 6) is -4.71. The summed E-state index contributed by atoms with van der Waals surface area (Å²) >= 11 is 0. The number of allylic oxidation sites excluding steroid dienone is 4. The van der Waals surface area contributed by atoms with E-state index in [1.165, 1.54) is 52.0 Å². The highest BCUT2D eigenvalue weighted by atomic mass is 16.8. The molecule has 49 heteroatoms. The summed E-state index contributed by atoms with van der Waals surface area (Å²) in [6, 6.07) is 0. The van der Waals surface area contributed by atoms with Crippen LogP contribution in [0.3, 0.4) is 0 Å². The number of aliphatic hydroxyl groups is 26. The third-order valence-electron chi connectivity index (χ3n) is 35.0. The zero-order valence-corrected chi connectivity index (χ0v) is 85.8. The van der Waals surface area contributed by atoms with E-state index in [0.29, 0.717) is 37.7 Å². The number of carbonyl (C=O) groups excluding carboxylic acids is 3. The van der Waals surface area contributed by atoms with Crippen molar-refractivity contribution in [2.24, 2.45) is 50.2 Å². The van der Waals surface area contributed by atoms with Gasteiger partial charge in [-0.3, -0.25) is 4.79 Å². The van der Waals surface area contributed by atoms with Crippen molar-refractivity contribution in [2.45, 2.75) is 455 Å². The fraction of sp³-hybridized carbons (Fsp3) is 0.870. The van der Waals surface area contributed by atoms with Gasteiger partial charge in [0.15, 0.2) is 68.8 Å². The first-order chi connectivity index (χ1) is 69.8. The molecule has 149 heavy (non-hydrogen) atoms. The van der Waals surface area contributed by atoms with E-state index in [-0.39, 0.29) is 61.5 Å². The minimum atomic E-state index is -2.32. The quantitative estimate of drug-likeness (QED) is 0.00936. The molecule has 13 fully saturated rings. The maximum absolute atomic E-state index is 16.8. The standard InChI is InChI=1S/C100H158O49/c1-16-95(11,148-88-72(123)62(113)56(107)40(4)133-88)26-18-20-39(3)80(126)141-75-41(5)135-89(73(124)66(75)117)149-96(12,17-2)27-19-21-43(33-101)81(127)139-55-32-100(92(129)147-91-79(65(116)59(110)48(34-102)137-91)145-87-74(125)77(143-86-71(122)64(115)67(118)82(128)146-86)76(42(6)134-87)142-85-69(120)60(111)49(35-103)136-85)45(30-93(55,7)8)44-22-23-52-97(13)28-25-54(94(9,10)51(97)24-29-98(52,14)99(44,15)31-53(100)106)140-84-70(121)63(114)61(112)50(138-84)38-132-90-78(58(109)47(105)37-131-90)144-83-68(119)57(108)46(104)36-130-83/h16-17,20-22,40-42,45-79,82-91,101-125,128H,1-2,18-19,23-38H2,3-15H3/b39-20+,43-21+/t40-,41-,42+,45-,46-,47+,48-,49+,50-,51-,52-,53-,54-,55-,56-,57+,58+,59-,60+,61-,62+,63+,64+,65+,66-,67+,68-,69-,70-,71-,72-,73-,74-,75-,76+,77+,78-,79-,82+,83+,84+,85+,86-,87+,88+,89+,90+,91+,95-,96-,97-,98-,99-,100-/m1/s1. The zero-order valence-electron chi connectivity index (χ0n) is 85.8. The van der Waals surface area contributed by atoms with Crippen LogP contribution in [-0.2, 0) is 109 Å². The molecule has 0 aromatic rings. The molecule has 0 radical (unpaired) electrons. The molecular formula is C100H158O49. The summed E-state index contributed by atoms with van der Waals surface area (Å²) in [4.78, 5) is 45.6. The summed E-state index contributed by atoms with van der Waals surface area (Å²) in [5, 5.41) is 290. The van der Waals surface area contributed by atoms with Crippen molar-refractivity contribution in [3.8, 4) is 0 Å². The van der Waals surface area contributed by atoms with Gasteiger partial charge < -0.3 is 228 Å². The second-order valence-electron chi connectivity index (χ2n) is 45.4. The molecule has 9 heterocycles. The number of hydrogen-bond acceptors (Lipinski definition) is 49. The smallest absolute Gasteiger partial charge is 0.336 e. The van der Waals surface area contributed by atoms with Gasteiger partial charge in [-0.2, -0.15) is 0 Å². The lowest BCUT2D eigenvalue weighted by Gasteiger charge is -2.72. The van der Waals surface area contributed by atoms with Crippen LogP contribution in [-0.4, -0.2) is 478 Å². The summed E-state index contributed by atoms with van der Waals surface area (Å²) < 4.78 is 121. The fourth-order valence-electron chi connectivity index (χ4n) is 25.2. The normalized spacial score (nSPS) is 49.4. The molecule has 4 saturated carbocycles. The van der Waals surface area contributed by atoms with Crippen molar-refractivity contribution in [1.82, 2.24) is 0 Å². The van der Waals surface area contributed by atoms with Gasteiger partial charge in [0.25, 0.3) is 0 Å². The van der Waals surface area contributed by atoms with Gasteiger partial charge in [-0.15, -0.1) is 13.2 Å². The molecule has 5 aliphatic carbocycles. The number of fused-ring (bicyclic) bond motifs is 7. The van der Waals surface area contributed by atoms with Gasteiger partial charge in [0.2, 0.25) is 6.29 Å². The Bertz CT molecular complexity index is 4610. The van der Waals surface area contributed by atoms with E-state index in [4.69, 9.17) is 94.7 Å². The van der Waals surface area contributed by atoms with Crippen LogP contribution in [0.2, 0.25) is 0 Å². The van der Waals surface area contributed by atoms with E-state index in [1.807, 2.05) is 20.8 Å². The second-order valence-corrected chi connectivity index (χ2v) is 45.4. The molecule has 852 valence electrons. The number of esters is 3. The number of carbonyl (C=O) groups is 3. The predicted octanol–water partition coefficient (Wildman–Crippen LogP) is -6.61. The third-order valence-corrected chi connectivity index (χ3v) is 35.0. The van der Waals surface area contributed by atoms with Crippen LogP contribution < -0.4 is 0 Å². The first-order valence-corrected chi connectivity index (χ1v) is 51.3. The van der Waals surface area contributed by atoms with Crippen molar-refractivity contribution in [2.75, 3.05) is 39.6 Å². The SMILES string of the molecule is C=C[C@](C)(CC/C=C(\C)C(=O)O[C@H]1[C@H](O)[C@@H](O)[C@H](O[C@](C)(C=C)CC/C=C(\CO)C(=O)O[C@@H]2C[C@]3(C(=O)O[C@@H]4O[C@H](CO)[C@@H](O)[C@H](O)[C@H]4O[C@@H]4O[C@@H](C)[C@H](O[C@@H]5O[C@@H](CO)[C@H](O)[C@H]5O)[C@@H](O[C@@H]5O[C@H](O)[C@@H](O)[C@H](O)[C@H]5O)[C@H]4O)[C@H](O)C[C@]4(C)C(=CC[C@@H]5[C@]6(C)CC[C@@H](O[C@@H]7O[C@H](CO[C@@H]8OC[C@H](O)[C@H](O)[C@H]8O[C@@H]8OC[C@@H](O)[C@H](O)[C@H]8O)[C@@H](O)[C@H](O)[C@H]7O)C(C)(C)[C@H]6CC[C@]54C)[C@H]3CC2(C)C)O[C@@H]1C)O[C@@H]1O[C@H](C)[C@@H](O)[C@H](O)[C@H]1O. The third kappa shape index (κ3) is 23.2. The van der Waals surface area contributed by atoms with Crippen molar-refractivity contribution < 1.29 is 242 Å². The molecule has 54 atom stereocenters. The maximum atomic E-state index is 16.8. The highest BCUT2D eigenvalue weighted by molar-refractivity contribution is 5.89. The molecule has 14 rings (SSSR count). The number of aliphatic hydroxyl groups excluding tert-OH is 26. The molecule has 0 aromatic carbocycles. The number of hydrogen-bond donors (Lipinski definition) is 26. The predicted molar refractivity (Wildman–Crippen MR) is 498 cm³/mol. The summed E-state index contributed by atoms with van der Waals surface area (Å²) in [6.45, 7) is 26.4. The van der Waals surface area contributed by atoms with Crippen molar-refractivity contribution in [3.05, 3.63) is 60.3 Å². The van der Waals surface area contributed by atoms with Gasteiger partial charge in [-0.05, 0) is 152 Å². The topological polar surface area (TPSA) is 762 Å². The van der Waals surface area contributed by atoms with Crippen LogP contribution in [0.1, 0.15) is 167 Å². The molecular weight excluding hydrogens is 1990 g/mol. The lowest BCUT2D eigenvalue weighted by molar-refractivity contribution is -0.399. The highest BCUT2D eigenvalue weighted by Crippen LogP contribution is 2.76. The summed E-state index contributed by atoms with van der Waals surface area (Å²) in [6.07, 6.45) is -68.9. The Hall–Kier alpha value is -4.61.